The fourth-order valence-corrected chi connectivity index (χ4v) is 2.58. The van der Waals surface area contributed by atoms with Gasteiger partial charge in [-0.2, -0.15) is 4.98 Å². The molecular weight excluding hydrogens is 286 g/mol. The number of aromatic nitrogens is 3. The van der Waals surface area contributed by atoms with Crippen LogP contribution in [0.15, 0.2) is 24.3 Å². The van der Waals surface area contributed by atoms with E-state index in [-0.39, 0.29) is 10.6 Å². The topological polar surface area (TPSA) is 117 Å². The van der Waals surface area contributed by atoms with Crippen molar-refractivity contribution in [1.82, 2.24) is 20.1 Å². The van der Waals surface area contributed by atoms with Crippen LogP contribution in [0.25, 0.3) is 0 Å². The number of nitrogens with one attached hydrogen (secondary N) is 1. The lowest BCUT2D eigenvalue weighted by Crippen LogP contribution is -2.46. The van der Waals surface area contributed by atoms with Crippen LogP contribution in [0, 0.1) is 10.1 Å². The lowest BCUT2D eigenvalue weighted by molar-refractivity contribution is -0.385. The molecule has 0 aliphatic carbocycles. The summed E-state index contributed by atoms with van der Waals surface area (Å²) in [4.78, 5) is 19.1. The number of nitro groups is 1. The van der Waals surface area contributed by atoms with E-state index >= 15 is 0 Å². The van der Waals surface area contributed by atoms with Crippen LogP contribution in [0.1, 0.15) is 5.56 Å². The number of nitro benzene ring substituents is 1. The molecule has 0 amide bonds. The second-order valence-electron chi connectivity index (χ2n) is 5.17. The van der Waals surface area contributed by atoms with Crippen molar-refractivity contribution in [1.29, 1.82) is 0 Å². The second-order valence-corrected chi connectivity index (χ2v) is 5.17. The maximum Gasteiger partial charge on any atom is 0.273 e. The third-order valence-electron chi connectivity index (χ3n) is 3.73. The molecule has 0 saturated carbocycles. The third-order valence-corrected chi connectivity index (χ3v) is 3.73. The normalized spacial score (nSPS) is 15.9. The number of aromatic amines is 1. The van der Waals surface area contributed by atoms with Gasteiger partial charge >= 0.3 is 0 Å². The highest BCUT2D eigenvalue weighted by Crippen LogP contribution is 2.20. The molecule has 22 heavy (non-hydrogen) atoms. The highest BCUT2D eigenvalue weighted by Gasteiger charge is 2.22. The van der Waals surface area contributed by atoms with E-state index in [9.17, 15) is 10.1 Å². The molecule has 1 saturated heterocycles. The van der Waals surface area contributed by atoms with Crippen LogP contribution in [0.2, 0.25) is 0 Å². The Morgan fingerprint density at radius 1 is 1.27 bits per heavy atom. The first-order chi connectivity index (χ1) is 10.6. The molecule has 1 aromatic heterocycles. The first-order valence-electron chi connectivity index (χ1n) is 7.01. The Morgan fingerprint density at radius 3 is 2.64 bits per heavy atom. The number of nitrogens with two attached hydrogens (primary N) is 1. The van der Waals surface area contributed by atoms with Gasteiger partial charge in [0.25, 0.3) is 5.69 Å². The molecule has 0 spiro atoms. The molecule has 116 valence electrons. The summed E-state index contributed by atoms with van der Waals surface area (Å²) in [5.41, 5.74) is 6.44. The van der Waals surface area contributed by atoms with Gasteiger partial charge in [0.2, 0.25) is 11.9 Å². The Labute approximate surface area is 126 Å². The Kier molecular flexibility index (Phi) is 3.88. The zero-order valence-electron chi connectivity index (χ0n) is 12.0. The van der Waals surface area contributed by atoms with E-state index in [0.29, 0.717) is 18.4 Å². The van der Waals surface area contributed by atoms with E-state index in [1.54, 1.807) is 18.2 Å². The first-order valence-corrected chi connectivity index (χ1v) is 7.01. The molecule has 1 aliphatic heterocycles. The molecule has 1 fully saturated rings. The van der Waals surface area contributed by atoms with E-state index in [0.717, 1.165) is 31.7 Å². The van der Waals surface area contributed by atoms with E-state index in [4.69, 9.17) is 5.73 Å². The minimum Gasteiger partial charge on any atom is -0.368 e. The van der Waals surface area contributed by atoms with Gasteiger partial charge in [-0.25, -0.2) is 5.10 Å². The summed E-state index contributed by atoms with van der Waals surface area (Å²) in [7, 11) is 0. The average Bonchev–Trinajstić information content (AvgIpc) is 2.95. The van der Waals surface area contributed by atoms with Gasteiger partial charge < -0.3 is 10.6 Å². The van der Waals surface area contributed by atoms with Crippen LogP contribution >= 0.6 is 0 Å². The molecule has 2 aromatic rings. The van der Waals surface area contributed by atoms with E-state index < -0.39 is 0 Å². The first kappa shape index (κ1) is 14.3. The Morgan fingerprint density at radius 2 is 2.00 bits per heavy atom. The van der Waals surface area contributed by atoms with E-state index in [2.05, 4.69) is 20.1 Å². The standard InChI is InChI=1S/C13H17N7O2/c14-12-15-13(17-16-12)19-7-5-18(6-8-19)9-10-3-1-2-4-11(10)20(21)22/h1-4H,5-9H2,(H3,14,15,16,17). The maximum absolute atomic E-state index is 11.0. The number of hydrogen-bond donors (Lipinski definition) is 2. The number of nitrogen functional groups attached to an aromatic ring is 1. The summed E-state index contributed by atoms with van der Waals surface area (Å²) < 4.78 is 0. The quantitative estimate of drug-likeness (QED) is 0.628. The summed E-state index contributed by atoms with van der Waals surface area (Å²) in [6, 6.07) is 6.87. The van der Waals surface area contributed by atoms with Gasteiger partial charge in [0, 0.05) is 44.4 Å². The van der Waals surface area contributed by atoms with Crippen LogP contribution in [-0.2, 0) is 6.54 Å². The monoisotopic (exact) mass is 303 g/mol. The number of para-hydroxylation sites is 1. The Balaban J connectivity index is 1.62. The largest absolute Gasteiger partial charge is 0.368 e. The third kappa shape index (κ3) is 2.98. The molecule has 0 radical (unpaired) electrons. The fourth-order valence-electron chi connectivity index (χ4n) is 2.58. The summed E-state index contributed by atoms with van der Waals surface area (Å²) >= 11 is 0. The van der Waals surface area contributed by atoms with Gasteiger partial charge in [-0.05, 0) is 0 Å². The predicted molar refractivity (Wildman–Crippen MR) is 81.4 cm³/mol. The second kappa shape index (κ2) is 5.98. The zero-order chi connectivity index (χ0) is 15.5. The van der Waals surface area contributed by atoms with E-state index in [1.807, 2.05) is 11.0 Å². The predicted octanol–water partition coefficient (Wildman–Crippen LogP) is 0.617. The van der Waals surface area contributed by atoms with Crippen LogP contribution < -0.4 is 10.6 Å². The molecule has 0 unspecified atom stereocenters. The van der Waals surface area contributed by atoms with Crippen molar-refractivity contribution in [3.63, 3.8) is 0 Å². The smallest absolute Gasteiger partial charge is 0.273 e. The minimum absolute atomic E-state index is 0.173. The van der Waals surface area contributed by atoms with Crippen molar-refractivity contribution in [2.24, 2.45) is 0 Å². The van der Waals surface area contributed by atoms with Crippen molar-refractivity contribution in [3.8, 4) is 0 Å². The lowest BCUT2D eigenvalue weighted by Gasteiger charge is -2.33. The Hall–Kier alpha value is -2.68. The van der Waals surface area contributed by atoms with Crippen molar-refractivity contribution in [3.05, 3.63) is 39.9 Å². The van der Waals surface area contributed by atoms with Crippen LogP contribution in [-0.4, -0.2) is 51.2 Å². The van der Waals surface area contributed by atoms with Gasteiger partial charge in [0.1, 0.15) is 0 Å². The molecule has 2 heterocycles. The summed E-state index contributed by atoms with van der Waals surface area (Å²) in [6.45, 7) is 3.68. The van der Waals surface area contributed by atoms with Crippen LogP contribution in [0.4, 0.5) is 17.6 Å². The highest BCUT2D eigenvalue weighted by molar-refractivity contribution is 5.40. The van der Waals surface area contributed by atoms with Crippen molar-refractivity contribution in [2.75, 3.05) is 36.8 Å². The molecule has 9 nitrogen and oxygen atoms in total. The number of hydrogen-bond acceptors (Lipinski definition) is 7. The summed E-state index contributed by atoms with van der Waals surface area (Å²) in [6.07, 6.45) is 0. The lowest BCUT2D eigenvalue weighted by atomic mass is 10.1. The number of piperazine rings is 1. The molecule has 1 aliphatic rings. The SMILES string of the molecule is Nc1nc(N2CCN(Cc3ccccc3[N+](=O)[O-])CC2)n[nH]1. The molecule has 1 aromatic carbocycles. The van der Waals surface area contributed by atoms with Crippen LogP contribution in [0.3, 0.4) is 0 Å². The minimum atomic E-state index is -0.331. The number of rotatable bonds is 4. The van der Waals surface area contributed by atoms with Gasteiger partial charge in [-0.3, -0.25) is 15.0 Å². The van der Waals surface area contributed by atoms with Crippen molar-refractivity contribution >= 4 is 17.6 Å². The summed E-state index contributed by atoms with van der Waals surface area (Å²) in [5, 5.41) is 17.7. The number of benzene rings is 1. The Bertz CT molecular complexity index is 664. The number of H-pyrrole nitrogens is 1. The van der Waals surface area contributed by atoms with Crippen molar-refractivity contribution < 1.29 is 4.92 Å². The van der Waals surface area contributed by atoms with Crippen LogP contribution in [0.5, 0.6) is 0 Å². The van der Waals surface area contributed by atoms with Gasteiger partial charge in [-0.15, -0.1) is 5.10 Å². The molecular formula is C13H17N7O2. The van der Waals surface area contributed by atoms with Gasteiger partial charge in [-0.1, -0.05) is 18.2 Å². The highest BCUT2D eigenvalue weighted by atomic mass is 16.6. The summed E-state index contributed by atoms with van der Waals surface area (Å²) in [5.74, 6) is 0.903. The van der Waals surface area contributed by atoms with E-state index in [1.165, 1.54) is 0 Å². The molecule has 9 heteroatoms. The maximum atomic E-state index is 11.0. The van der Waals surface area contributed by atoms with Crippen molar-refractivity contribution in [2.45, 2.75) is 6.54 Å². The molecule has 0 bridgehead atoms. The fraction of sp³-hybridized carbons (Fsp3) is 0.385. The number of nitrogens with zero attached hydrogens (tertiary/aromatic N) is 5. The van der Waals surface area contributed by atoms with Gasteiger partial charge in [0.05, 0.1) is 4.92 Å². The molecule has 3 rings (SSSR count). The zero-order valence-corrected chi connectivity index (χ0v) is 12.0. The number of anilines is 2. The van der Waals surface area contributed by atoms with Gasteiger partial charge in [0.15, 0.2) is 0 Å². The molecule has 0 atom stereocenters. The molecule has 3 N–H and O–H groups in total. The average molecular weight is 303 g/mol.